The number of hydrogen-bond donors (Lipinski definition) is 0. The number of halogens is 1. The van der Waals surface area contributed by atoms with Gasteiger partial charge < -0.3 is 9.64 Å². The molecule has 2 nitrogen and oxygen atoms in total. The molecule has 3 heteroatoms. The summed E-state index contributed by atoms with van der Waals surface area (Å²) in [6, 6.07) is 6.40. The highest BCUT2D eigenvalue weighted by Crippen LogP contribution is 2.21. The quantitative estimate of drug-likeness (QED) is 0.833. The van der Waals surface area contributed by atoms with E-state index in [1.165, 1.54) is 37.1 Å². The molecule has 1 aromatic rings. The Bertz CT molecular complexity index is 381. The number of rotatable bonds is 3. The number of hydrogen-bond acceptors (Lipinski definition) is 2. The van der Waals surface area contributed by atoms with E-state index in [0.29, 0.717) is 5.92 Å². The van der Waals surface area contributed by atoms with E-state index in [1.54, 1.807) is 0 Å². The summed E-state index contributed by atoms with van der Waals surface area (Å²) >= 11 is 0. The van der Waals surface area contributed by atoms with Crippen LogP contribution in [-0.4, -0.2) is 31.6 Å². The van der Waals surface area contributed by atoms with Gasteiger partial charge in [0.25, 0.3) is 0 Å². The molecule has 18 heavy (non-hydrogen) atoms. The minimum Gasteiger partial charge on any atom is -0.493 e. The maximum absolute atomic E-state index is 5.95. The van der Waals surface area contributed by atoms with Gasteiger partial charge in [0.2, 0.25) is 0 Å². The highest BCUT2D eigenvalue weighted by atomic mass is 35.5. The van der Waals surface area contributed by atoms with Crippen molar-refractivity contribution in [2.45, 2.75) is 26.7 Å². The fourth-order valence-corrected chi connectivity index (χ4v) is 2.58. The second-order valence-electron chi connectivity index (χ2n) is 5.35. The van der Waals surface area contributed by atoms with Crippen LogP contribution in [0.3, 0.4) is 0 Å². The summed E-state index contributed by atoms with van der Waals surface area (Å²) in [6.07, 6.45) is 2.60. The Balaban J connectivity index is 0.00000162. The van der Waals surface area contributed by atoms with E-state index in [9.17, 15) is 0 Å². The normalized spacial score (nSPS) is 20.3. The van der Waals surface area contributed by atoms with Crippen molar-refractivity contribution < 1.29 is 4.74 Å². The van der Waals surface area contributed by atoms with Crippen LogP contribution < -0.4 is 4.74 Å². The fraction of sp³-hybridized carbons (Fsp3) is 0.600. The van der Waals surface area contributed by atoms with Crippen LogP contribution in [0, 0.1) is 19.8 Å². The highest BCUT2D eigenvalue weighted by Gasteiger charge is 2.17. The monoisotopic (exact) mass is 269 g/mol. The topological polar surface area (TPSA) is 12.5 Å². The molecule has 0 bridgehead atoms. The molecule has 0 amide bonds. The molecular formula is C15H24ClNO. The van der Waals surface area contributed by atoms with Crippen molar-refractivity contribution in [2.24, 2.45) is 5.92 Å². The minimum absolute atomic E-state index is 0. The average Bonchev–Trinajstić information content (AvgIpc) is 2.28. The minimum atomic E-state index is 0. The smallest absolute Gasteiger partial charge is 0.122 e. The Morgan fingerprint density at radius 1 is 1.33 bits per heavy atom. The third kappa shape index (κ3) is 4.18. The van der Waals surface area contributed by atoms with E-state index in [2.05, 4.69) is 44.0 Å². The summed E-state index contributed by atoms with van der Waals surface area (Å²) in [5, 5.41) is 0. The molecule has 0 N–H and O–H groups in total. The molecule has 0 aromatic heterocycles. The first-order valence-electron chi connectivity index (χ1n) is 6.54. The third-order valence-corrected chi connectivity index (χ3v) is 3.53. The Morgan fingerprint density at radius 2 is 2.11 bits per heavy atom. The number of nitrogens with zero attached hydrogens (tertiary/aromatic N) is 1. The molecule has 1 aliphatic heterocycles. The van der Waals surface area contributed by atoms with Gasteiger partial charge in [-0.05, 0) is 51.9 Å². The van der Waals surface area contributed by atoms with Gasteiger partial charge in [-0.2, -0.15) is 0 Å². The summed E-state index contributed by atoms with van der Waals surface area (Å²) in [5.41, 5.74) is 2.54. The van der Waals surface area contributed by atoms with Gasteiger partial charge in [-0.25, -0.2) is 0 Å². The number of ether oxygens (including phenoxy) is 1. The van der Waals surface area contributed by atoms with Crippen LogP contribution in [0.2, 0.25) is 0 Å². The van der Waals surface area contributed by atoms with Gasteiger partial charge in [0.15, 0.2) is 0 Å². The number of piperidine rings is 1. The van der Waals surface area contributed by atoms with Gasteiger partial charge >= 0.3 is 0 Å². The Labute approximate surface area is 117 Å². The van der Waals surface area contributed by atoms with Crippen molar-refractivity contribution >= 4 is 12.4 Å². The van der Waals surface area contributed by atoms with Crippen molar-refractivity contribution in [3.8, 4) is 5.75 Å². The molecule has 1 heterocycles. The maximum Gasteiger partial charge on any atom is 0.122 e. The summed E-state index contributed by atoms with van der Waals surface area (Å²) in [7, 11) is 2.20. The number of benzene rings is 1. The van der Waals surface area contributed by atoms with Crippen molar-refractivity contribution in [1.29, 1.82) is 0 Å². The summed E-state index contributed by atoms with van der Waals surface area (Å²) < 4.78 is 5.95. The van der Waals surface area contributed by atoms with E-state index < -0.39 is 0 Å². The van der Waals surface area contributed by atoms with Gasteiger partial charge in [-0.15, -0.1) is 12.4 Å². The fourth-order valence-electron chi connectivity index (χ4n) is 2.58. The Hall–Kier alpha value is -0.730. The van der Waals surface area contributed by atoms with Crippen LogP contribution in [0.15, 0.2) is 18.2 Å². The Morgan fingerprint density at radius 3 is 2.78 bits per heavy atom. The predicted octanol–water partition coefficient (Wildman–Crippen LogP) is 3.45. The van der Waals surface area contributed by atoms with Crippen molar-refractivity contribution in [3.63, 3.8) is 0 Å². The summed E-state index contributed by atoms with van der Waals surface area (Å²) in [6.45, 7) is 7.50. The molecular weight excluding hydrogens is 246 g/mol. The lowest BCUT2D eigenvalue weighted by Gasteiger charge is -2.29. The van der Waals surface area contributed by atoms with E-state index in [4.69, 9.17) is 4.74 Å². The van der Waals surface area contributed by atoms with E-state index in [0.717, 1.165) is 12.4 Å². The molecule has 1 aliphatic rings. The Kier molecular flexibility index (Phi) is 5.97. The lowest BCUT2D eigenvalue weighted by Crippen LogP contribution is -2.34. The van der Waals surface area contributed by atoms with Gasteiger partial charge in [-0.1, -0.05) is 17.7 Å². The zero-order valence-electron chi connectivity index (χ0n) is 11.6. The molecule has 1 saturated heterocycles. The van der Waals surface area contributed by atoms with Crippen LogP contribution in [0.5, 0.6) is 5.75 Å². The number of aryl methyl sites for hydroxylation is 2. The molecule has 0 aliphatic carbocycles. The highest BCUT2D eigenvalue weighted by molar-refractivity contribution is 5.85. The first-order valence-corrected chi connectivity index (χ1v) is 6.54. The predicted molar refractivity (Wildman–Crippen MR) is 78.9 cm³/mol. The second kappa shape index (κ2) is 7.01. The van der Waals surface area contributed by atoms with Crippen LogP contribution in [0.1, 0.15) is 24.0 Å². The lowest BCUT2D eigenvalue weighted by molar-refractivity contribution is 0.150. The first-order chi connectivity index (χ1) is 8.15. The van der Waals surface area contributed by atoms with Crippen molar-refractivity contribution in [3.05, 3.63) is 29.3 Å². The van der Waals surface area contributed by atoms with Crippen molar-refractivity contribution in [1.82, 2.24) is 4.90 Å². The first kappa shape index (κ1) is 15.3. The van der Waals surface area contributed by atoms with Crippen molar-refractivity contribution in [2.75, 3.05) is 26.7 Å². The van der Waals surface area contributed by atoms with Gasteiger partial charge in [0, 0.05) is 12.5 Å². The second-order valence-corrected chi connectivity index (χ2v) is 5.35. The van der Waals surface area contributed by atoms with Crippen LogP contribution in [0.25, 0.3) is 0 Å². The molecule has 2 rings (SSSR count). The van der Waals surface area contributed by atoms with Gasteiger partial charge in [0.1, 0.15) is 5.75 Å². The van der Waals surface area contributed by atoms with E-state index in [1.807, 2.05) is 0 Å². The molecule has 0 saturated carbocycles. The summed E-state index contributed by atoms with van der Waals surface area (Å²) in [4.78, 5) is 2.40. The number of likely N-dealkylation sites (tertiary alicyclic amines) is 1. The molecule has 0 spiro atoms. The molecule has 0 radical (unpaired) electrons. The van der Waals surface area contributed by atoms with Gasteiger partial charge in [0.05, 0.1) is 6.61 Å². The largest absolute Gasteiger partial charge is 0.493 e. The summed E-state index contributed by atoms with van der Waals surface area (Å²) in [5.74, 6) is 1.73. The van der Waals surface area contributed by atoms with Crippen LogP contribution in [0.4, 0.5) is 0 Å². The maximum atomic E-state index is 5.95. The molecule has 1 atom stereocenters. The molecule has 1 aromatic carbocycles. The molecule has 1 fully saturated rings. The zero-order chi connectivity index (χ0) is 12.3. The standard InChI is InChI=1S/C15H23NO.ClH/c1-12-6-7-15(13(2)9-12)17-11-14-5-4-8-16(3)10-14;/h6-7,9,14H,4-5,8,10-11H2,1-3H3;1H. The van der Waals surface area contributed by atoms with Crippen LogP contribution >= 0.6 is 12.4 Å². The van der Waals surface area contributed by atoms with Gasteiger partial charge in [-0.3, -0.25) is 0 Å². The molecule has 102 valence electrons. The van der Waals surface area contributed by atoms with E-state index in [-0.39, 0.29) is 12.4 Å². The lowest BCUT2D eigenvalue weighted by atomic mass is 9.99. The van der Waals surface area contributed by atoms with E-state index >= 15 is 0 Å². The van der Waals surface area contributed by atoms with Crippen LogP contribution in [-0.2, 0) is 0 Å². The molecule has 1 unspecified atom stereocenters. The average molecular weight is 270 g/mol. The SMILES string of the molecule is Cc1ccc(OCC2CCCN(C)C2)c(C)c1.Cl. The zero-order valence-corrected chi connectivity index (χ0v) is 12.4. The third-order valence-electron chi connectivity index (χ3n) is 3.53.